The van der Waals surface area contributed by atoms with Gasteiger partial charge in [0.05, 0.1) is 11.4 Å². The molecule has 6 nitrogen and oxygen atoms in total. The molecule has 0 saturated carbocycles. The van der Waals surface area contributed by atoms with Gasteiger partial charge < -0.3 is 5.32 Å². The summed E-state index contributed by atoms with van der Waals surface area (Å²) in [6.07, 6.45) is 0. The van der Waals surface area contributed by atoms with Crippen molar-refractivity contribution in [3.05, 3.63) is 65.5 Å². The van der Waals surface area contributed by atoms with Crippen LogP contribution in [0, 0.1) is 5.82 Å². The molecule has 152 valence electrons. The van der Waals surface area contributed by atoms with Gasteiger partial charge in [-0.05, 0) is 41.9 Å². The van der Waals surface area contributed by atoms with Crippen molar-refractivity contribution < 1.29 is 17.6 Å². The molecular formula is C20H26FN3O3S. The van der Waals surface area contributed by atoms with Gasteiger partial charge in [0, 0.05) is 27.2 Å². The summed E-state index contributed by atoms with van der Waals surface area (Å²) in [5, 5.41) is 2.81. The van der Waals surface area contributed by atoms with E-state index in [0.29, 0.717) is 19.6 Å². The minimum Gasteiger partial charge on any atom is -0.351 e. The maximum Gasteiger partial charge on any atom is 0.242 e. The number of amides is 1. The summed E-state index contributed by atoms with van der Waals surface area (Å²) in [4.78, 5) is 14.4. The Kier molecular flexibility index (Phi) is 7.68. The van der Waals surface area contributed by atoms with Crippen LogP contribution in [0.15, 0.2) is 53.4 Å². The molecule has 0 fully saturated rings. The van der Waals surface area contributed by atoms with E-state index < -0.39 is 10.0 Å². The van der Waals surface area contributed by atoms with Gasteiger partial charge in [-0.3, -0.25) is 9.69 Å². The average Bonchev–Trinajstić information content (AvgIpc) is 2.67. The van der Waals surface area contributed by atoms with Crippen LogP contribution in [0.4, 0.5) is 4.39 Å². The first kappa shape index (κ1) is 22.0. The van der Waals surface area contributed by atoms with E-state index in [1.807, 2.05) is 17.9 Å². The molecular weight excluding hydrogens is 381 g/mol. The molecule has 8 heteroatoms. The normalized spacial score (nSPS) is 11.8. The van der Waals surface area contributed by atoms with Crippen LogP contribution >= 0.6 is 0 Å². The van der Waals surface area contributed by atoms with Crippen molar-refractivity contribution in [2.75, 3.05) is 27.2 Å². The Hall–Kier alpha value is -2.29. The van der Waals surface area contributed by atoms with E-state index in [1.165, 1.54) is 30.5 Å². The second-order valence-electron chi connectivity index (χ2n) is 6.64. The second-order valence-corrected chi connectivity index (χ2v) is 8.79. The molecule has 2 rings (SSSR count). The summed E-state index contributed by atoms with van der Waals surface area (Å²) in [6.45, 7) is 3.54. The third-order valence-corrected chi connectivity index (χ3v) is 6.11. The fourth-order valence-corrected chi connectivity index (χ4v) is 3.59. The number of rotatable bonds is 9. The molecule has 0 bridgehead atoms. The molecule has 2 aromatic carbocycles. The Morgan fingerprint density at radius 1 is 1.07 bits per heavy atom. The van der Waals surface area contributed by atoms with Crippen molar-refractivity contribution in [1.82, 2.24) is 14.5 Å². The summed E-state index contributed by atoms with van der Waals surface area (Å²) in [7, 11) is -0.515. The van der Waals surface area contributed by atoms with Gasteiger partial charge in [-0.25, -0.2) is 17.1 Å². The van der Waals surface area contributed by atoms with E-state index in [2.05, 4.69) is 5.32 Å². The Morgan fingerprint density at radius 2 is 1.75 bits per heavy atom. The first-order valence-corrected chi connectivity index (χ1v) is 10.4. The molecule has 0 aromatic heterocycles. The molecule has 0 aliphatic carbocycles. The van der Waals surface area contributed by atoms with Crippen LogP contribution in [-0.4, -0.2) is 50.7 Å². The maximum absolute atomic E-state index is 12.9. The van der Waals surface area contributed by atoms with Crippen molar-refractivity contribution in [3.63, 3.8) is 0 Å². The first-order valence-electron chi connectivity index (χ1n) is 8.97. The van der Waals surface area contributed by atoms with Crippen LogP contribution in [-0.2, 0) is 27.9 Å². The van der Waals surface area contributed by atoms with Gasteiger partial charge >= 0.3 is 0 Å². The zero-order chi connectivity index (χ0) is 20.7. The molecule has 0 heterocycles. The highest BCUT2D eigenvalue weighted by molar-refractivity contribution is 7.89. The summed E-state index contributed by atoms with van der Waals surface area (Å²) in [6, 6.07) is 12.7. The Morgan fingerprint density at radius 3 is 2.36 bits per heavy atom. The lowest BCUT2D eigenvalue weighted by molar-refractivity contribution is -0.122. The lowest BCUT2D eigenvalue weighted by Crippen LogP contribution is -2.36. The number of carbonyl (C=O) groups is 1. The van der Waals surface area contributed by atoms with Crippen molar-refractivity contribution in [2.24, 2.45) is 0 Å². The van der Waals surface area contributed by atoms with Gasteiger partial charge in [-0.15, -0.1) is 0 Å². The molecule has 2 aromatic rings. The van der Waals surface area contributed by atoms with Crippen LogP contribution in [0.5, 0.6) is 0 Å². The Bertz CT molecular complexity index is 899. The van der Waals surface area contributed by atoms with Gasteiger partial charge in [-0.1, -0.05) is 31.2 Å². The molecule has 0 atom stereocenters. The fraction of sp³-hybridized carbons (Fsp3) is 0.350. The number of nitrogens with one attached hydrogen (secondary N) is 1. The number of carbonyl (C=O) groups excluding carboxylic acids is 1. The summed E-state index contributed by atoms with van der Waals surface area (Å²) >= 11 is 0. The highest BCUT2D eigenvalue weighted by Gasteiger charge is 2.18. The van der Waals surface area contributed by atoms with E-state index in [0.717, 1.165) is 11.1 Å². The number of nitrogens with zero attached hydrogens (tertiary/aromatic N) is 2. The monoisotopic (exact) mass is 407 g/mol. The molecule has 0 aliphatic heterocycles. The maximum atomic E-state index is 12.9. The van der Waals surface area contributed by atoms with Gasteiger partial charge in [0.2, 0.25) is 15.9 Å². The quantitative estimate of drug-likeness (QED) is 0.692. The standard InChI is InChI=1S/C20H26FN3O3S/c1-4-24(15-20(25)22-13-16-8-10-18(21)11-9-16)14-17-6-5-7-19(12-17)28(26,27)23(2)3/h5-12H,4,13-15H2,1-3H3,(H,22,25). The average molecular weight is 408 g/mol. The second kappa shape index (κ2) is 9.77. The largest absolute Gasteiger partial charge is 0.351 e. The fourth-order valence-electron chi connectivity index (χ4n) is 2.61. The molecule has 0 aliphatic rings. The molecule has 0 spiro atoms. The van der Waals surface area contributed by atoms with Crippen LogP contribution in [0.2, 0.25) is 0 Å². The number of sulfonamides is 1. The van der Waals surface area contributed by atoms with Crippen LogP contribution < -0.4 is 5.32 Å². The molecule has 0 radical (unpaired) electrons. The molecule has 1 N–H and O–H groups in total. The molecule has 0 unspecified atom stereocenters. The van der Waals surface area contributed by atoms with E-state index in [9.17, 15) is 17.6 Å². The number of likely N-dealkylation sites (N-methyl/N-ethyl adjacent to an activating group) is 1. The van der Waals surface area contributed by atoms with E-state index in [1.54, 1.807) is 30.3 Å². The van der Waals surface area contributed by atoms with Crippen molar-refractivity contribution in [1.29, 1.82) is 0 Å². The highest BCUT2D eigenvalue weighted by atomic mass is 32.2. The van der Waals surface area contributed by atoms with Gasteiger partial charge in [-0.2, -0.15) is 0 Å². The molecule has 28 heavy (non-hydrogen) atoms. The van der Waals surface area contributed by atoms with Crippen molar-refractivity contribution >= 4 is 15.9 Å². The SMILES string of the molecule is CCN(CC(=O)NCc1ccc(F)cc1)Cc1cccc(S(=O)(=O)N(C)C)c1. The van der Waals surface area contributed by atoms with E-state index >= 15 is 0 Å². The zero-order valence-electron chi connectivity index (χ0n) is 16.4. The van der Waals surface area contributed by atoms with Crippen molar-refractivity contribution in [2.45, 2.75) is 24.9 Å². The lowest BCUT2D eigenvalue weighted by Gasteiger charge is -2.20. The third-order valence-electron chi connectivity index (χ3n) is 4.30. The van der Waals surface area contributed by atoms with Crippen molar-refractivity contribution in [3.8, 4) is 0 Å². The van der Waals surface area contributed by atoms with E-state index in [4.69, 9.17) is 0 Å². The van der Waals surface area contributed by atoms with Crippen LogP contribution in [0.25, 0.3) is 0 Å². The molecule has 0 saturated heterocycles. The minimum atomic E-state index is -3.50. The third kappa shape index (κ3) is 6.12. The molecule has 1 amide bonds. The Balaban J connectivity index is 1.96. The first-order chi connectivity index (χ1) is 13.2. The van der Waals surface area contributed by atoms with Gasteiger partial charge in [0.1, 0.15) is 5.82 Å². The van der Waals surface area contributed by atoms with Gasteiger partial charge in [0.15, 0.2) is 0 Å². The highest BCUT2D eigenvalue weighted by Crippen LogP contribution is 2.16. The summed E-state index contributed by atoms with van der Waals surface area (Å²) in [5.74, 6) is -0.464. The van der Waals surface area contributed by atoms with Gasteiger partial charge in [0.25, 0.3) is 0 Å². The van der Waals surface area contributed by atoms with E-state index in [-0.39, 0.29) is 23.2 Å². The summed E-state index contributed by atoms with van der Waals surface area (Å²) in [5.41, 5.74) is 1.63. The number of halogens is 1. The predicted octanol–water partition coefficient (Wildman–Crippen LogP) is 2.21. The topological polar surface area (TPSA) is 69.7 Å². The summed E-state index contributed by atoms with van der Waals surface area (Å²) < 4.78 is 38.7. The van der Waals surface area contributed by atoms with Crippen LogP contribution in [0.1, 0.15) is 18.1 Å². The smallest absolute Gasteiger partial charge is 0.242 e. The zero-order valence-corrected chi connectivity index (χ0v) is 17.2. The van der Waals surface area contributed by atoms with Crippen LogP contribution in [0.3, 0.4) is 0 Å². The minimum absolute atomic E-state index is 0.150. The number of hydrogen-bond donors (Lipinski definition) is 1. The number of hydrogen-bond acceptors (Lipinski definition) is 4. The number of benzene rings is 2. The lowest BCUT2D eigenvalue weighted by atomic mass is 10.2. The predicted molar refractivity (Wildman–Crippen MR) is 107 cm³/mol. The Labute approximate surface area is 166 Å².